The number of nitrogens with one attached hydrogen (secondary N) is 2. The summed E-state index contributed by atoms with van der Waals surface area (Å²) in [5, 5.41) is 24.1. The number of aryl methyl sites for hydroxylation is 1. The predicted molar refractivity (Wildman–Crippen MR) is 98.2 cm³/mol. The molecule has 0 radical (unpaired) electrons. The Bertz CT molecular complexity index is 888. The van der Waals surface area contributed by atoms with Gasteiger partial charge in [0, 0.05) is 23.1 Å². The summed E-state index contributed by atoms with van der Waals surface area (Å²) in [6, 6.07) is 11.6. The van der Waals surface area contributed by atoms with Crippen LogP contribution >= 0.6 is 12.4 Å². The molecule has 1 atom stereocenters. The number of hydrogen-bond acceptors (Lipinski definition) is 3. The number of aromatic nitrogens is 1. The summed E-state index contributed by atoms with van der Waals surface area (Å²) in [5.41, 5.74) is 5.96. The number of rotatable bonds is 2. The number of hydrogen-bond donors (Lipinski definition) is 4. The molecule has 0 spiro atoms. The fourth-order valence-corrected chi connectivity index (χ4v) is 3.50. The fraction of sp³-hybridized carbons (Fsp3) is 0.263. The van der Waals surface area contributed by atoms with Crippen LogP contribution in [0.15, 0.2) is 36.4 Å². The maximum absolute atomic E-state index is 9.80. The quantitative estimate of drug-likeness (QED) is 0.534. The van der Waals surface area contributed by atoms with E-state index in [1.54, 1.807) is 12.1 Å². The summed E-state index contributed by atoms with van der Waals surface area (Å²) in [6.45, 7) is 3.06. The number of benzene rings is 2. The molecule has 4 N–H and O–H groups in total. The van der Waals surface area contributed by atoms with Gasteiger partial charge in [0.2, 0.25) is 0 Å². The van der Waals surface area contributed by atoms with Crippen LogP contribution in [0.2, 0.25) is 0 Å². The van der Waals surface area contributed by atoms with Crippen molar-refractivity contribution in [2.45, 2.75) is 25.8 Å². The summed E-state index contributed by atoms with van der Waals surface area (Å²) in [7, 11) is 0. The van der Waals surface area contributed by atoms with Gasteiger partial charge in [0.1, 0.15) is 0 Å². The van der Waals surface area contributed by atoms with Crippen molar-refractivity contribution in [2.24, 2.45) is 0 Å². The predicted octanol–water partition coefficient (Wildman–Crippen LogP) is 3.80. The van der Waals surface area contributed by atoms with Crippen LogP contribution in [0.3, 0.4) is 0 Å². The summed E-state index contributed by atoms with van der Waals surface area (Å²) in [5.74, 6) is -0.171. The van der Waals surface area contributed by atoms with E-state index in [4.69, 9.17) is 0 Å². The molecule has 1 aliphatic heterocycles. The van der Waals surface area contributed by atoms with Crippen LogP contribution in [0.25, 0.3) is 10.9 Å². The number of fused-ring (bicyclic) bond motifs is 3. The Morgan fingerprint density at radius 3 is 2.67 bits per heavy atom. The van der Waals surface area contributed by atoms with Gasteiger partial charge in [-0.3, -0.25) is 0 Å². The molecule has 24 heavy (non-hydrogen) atoms. The number of phenols is 2. The number of phenolic OH excluding ortho intramolecular Hbond substituents is 2. The van der Waals surface area contributed by atoms with Gasteiger partial charge in [-0.15, -0.1) is 12.4 Å². The van der Waals surface area contributed by atoms with E-state index in [1.807, 2.05) is 6.07 Å². The maximum atomic E-state index is 9.80. The second-order valence-electron chi connectivity index (χ2n) is 6.14. The van der Waals surface area contributed by atoms with Crippen LogP contribution in [0.1, 0.15) is 35.3 Å². The zero-order valence-electron chi connectivity index (χ0n) is 13.5. The number of halogens is 1. The van der Waals surface area contributed by atoms with Gasteiger partial charge in [-0.2, -0.15) is 0 Å². The fourth-order valence-electron chi connectivity index (χ4n) is 3.50. The Morgan fingerprint density at radius 2 is 1.92 bits per heavy atom. The second kappa shape index (κ2) is 6.38. The molecule has 0 bridgehead atoms. The summed E-state index contributed by atoms with van der Waals surface area (Å²) in [4.78, 5) is 3.54. The lowest BCUT2D eigenvalue weighted by Gasteiger charge is -2.25. The van der Waals surface area contributed by atoms with Gasteiger partial charge >= 0.3 is 0 Å². The molecule has 4 nitrogen and oxygen atoms in total. The van der Waals surface area contributed by atoms with Crippen LogP contribution in [0.4, 0.5) is 0 Å². The first-order chi connectivity index (χ1) is 11.2. The molecule has 1 aromatic heterocycles. The van der Waals surface area contributed by atoms with E-state index in [9.17, 15) is 10.2 Å². The molecule has 0 saturated carbocycles. The largest absolute Gasteiger partial charge is 0.504 e. The number of aromatic hydroxyl groups is 2. The Hall–Kier alpha value is -2.17. The molecule has 5 heteroatoms. The minimum absolute atomic E-state index is 0. The highest BCUT2D eigenvalue weighted by molar-refractivity contribution is 5.86. The topological polar surface area (TPSA) is 68.3 Å². The van der Waals surface area contributed by atoms with Crippen LogP contribution in [-0.4, -0.2) is 21.7 Å². The van der Waals surface area contributed by atoms with Gasteiger partial charge < -0.3 is 20.5 Å². The lowest BCUT2D eigenvalue weighted by Crippen LogP contribution is -2.30. The first-order valence-electron chi connectivity index (χ1n) is 8.06. The minimum Gasteiger partial charge on any atom is -0.504 e. The van der Waals surface area contributed by atoms with E-state index >= 15 is 0 Å². The van der Waals surface area contributed by atoms with Crippen molar-refractivity contribution in [2.75, 3.05) is 6.54 Å². The highest BCUT2D eigenvalue weighted by atomic mass is 35.5. The van der Waals surface area contributed by atoms with Crippen molar-refractivity contribution in [3.63, 3.8) is 0 Å². The second-order valence-corrected chi connectivity index (χ2v) is 6.14. The molecule has 1 aliphatic rings. The van der Waals surface area contributed by atoms with Gasteiger partial charge in [0.05, 0.1) is 6.04 Å². The van der Waals surface area contributed by atoms with Crippen molar-refractivity contribution in [3.05, 3.63) is 58.8 Å². The van der Waals surface area contributed by atoms with Crippen molar-refractivity contribution in [3.8, 4) is 11.5 Å². The van der Waals surface area contributed by atoms with E-state index in [0.717, 1.165) is 36.2 Å². The lowest BCUT2D eigenvalue weighted by atomic mass is 9.93. The number of H-pyrrole nitrogens is 1. The SMILES string of the molecule is CCc1ccc2[nH]c3c(c2c1)CCNC3c1ccc(O)c(O)c1.Cl. The molecule has 0 fully saturated rings. The molecule has 0 amide bonds. The molecular weight excluding hydrogens is 324 g/mol. The van der Waals surface area contributed by atoms with Crippen LogP contribution in [-0.2, 0) is 12.8 Å². The molecule has 1 unspecified atom stereocenters. The summed E-state index contributed by atoms with van der Waals surface area (Å²) < 4.78 is 0. The summed E-state index contributed by atoms with van der Waals surface area (Å²) in [6.07, 6.45) is 2.02. The third kappa shape index (κ3) is 2.62. The van der Waals surface area contributed by atoms with Gasteiger partial charge in [0.25, 0.3) is 0 Å². The first kappa shape index (κ1) is 16.7. The Balaban J connectivity index is 0.00000169. The van der Waals surface area contributed by atoms with Crippen LogP contribution < -0.4 is 5.32 Å². The maximum Gasteiger partial charge on any atom is 0.157 e. The van der Waals surface area contributed by atoms with Crippen molar-refractivity contribution < 1.29 is 10.2 Å². The lowest BCUT2D eigenvalue weighted by molar-refractivity contribution is 0.402. The third-order valence-electron chi connectivity index (χ3n) is 4.76. The van der Waals surface area contributed by atoms with Crippen molar-refractivity contribution in [1.29, 1.82) is 0 Å². The van der Waals surface area contributed by atoms with E-state index in [2.05, 4.69) is 35.4 Å². The first-order valence-corrected chi connectivity index (χ1v) is 8.06. The molecule has 3 aromatic rings. The minimum atomic E-state index is -0.0889. The molecule has 0 saturated heterocycles. The molecule has 2 aromatic carbocycles. The molecular formula is C19H21ClN2O2. The van der Waals surface area contributed by atoms with Crippen molar-refractivity contribution >= 4 is 23.3 Å². The van der Waals surface area contributed by atoms with E-state index < -0.39 is 0 Å². The highest BCUT2D eigenvalue weighted by Gasteiger charge is 2.25. The third-order valence-corrected chi connectivity index (χ3v) is 4.76. The van der Waals surface area contributed by atoms with E-state index in [1.165, 1.54) is 16.5 Å². The Morgan fingerprint density at radius 1 is 1.08 bits per heavy atom. The average Bonchev–Trinajstić information content (AvgIpc) is 2.95. The zero-order chi connectivity index (χ0) is 16.0. The van der Waals surface area contributed by atoms with Gasteiger partial charge in [-0.1, -0.05) is 19.1 Å². The van der Waals surface area contributed by atoms with E-state index in [-0.39, 0.29) is 29.9 Å². The zero-order valence-corrected chi connectivity index (χ0v) is 14.3. The Kier molecular flexibility index (Phi) is 4.43. The molecule has 0 aliphatic carbocycles. The van der Waals surface area contributed by atoms with Crippen molar-refractivity contribution in [1.82, 2.24) is 10.3 Å². The Labute approximate surface area is 146 Å². The molecule has 2 heterocycles. The standard InChI is InChI=1S/C19H20N2O2.ClH/c1-2-11-3-5-15-14(9-11)13-7-8-20-18(19(13)21-15)12-4-6-16(22)17(23)10-12;/h3-6,9-10,18,20-23H,2,7-8H2,1H3;1H. The van der Waals surface area contributed by atoms with Crippen LogP contribution in [0, 0.1) is 0 Å². The summed E-state index contributed by atoms with van der Waals surface area (Å²) >= 11 is 0. The molecule has 4 rings (SSSR count). The monoisotopic (exact) mass is 344 g/mol. The highest BCUT2D eigenvalue weighted by Crippen LogP contribution is 2.36. The average molecular weight is 345 g/mol. The smallest absolute Gasteiger partial charge is 0.157 e. The van der Waals surface area contributed by atoms with Gasteiger partial charge in [-0.25, -0.2) is 0 Å². The number of aromatic amines is 1. The van der Waals surface area contributed by atoms with Gasteiger partial charge in [0.15, 0.2) is 11.5 Å². The normalized spacial score (nSPS) is 16.6. The molecule has 126 valence electrons. The van der Waals surface area contributed by atoms with Gasteiger partial charge in [-0.05, 0) is 53.8 Å². The van der Waals surface area contributed by atoms with E-state index in [0.29, 0.717) is 0 Å². The van der Waals surface area contributed by atoms with Crippen LogP contribution in [0.5, 0.6) is 11.5 Å².